The van der Waals surface area contributed by atoms with Crippen LogP contribution in [0.4, 0.5) is 0 Å². The predicted molar refractivity (Wildman–Crippen MR) is 84.7 cm³/mol. The lowest BCUT2D eigenvalue weighted by atomic mass is 10.1. The Balaban J connectivity index is 1.95. The van der Waals surface area contributed by atoms with Gasteiger partial charge in [0, 0.05) is 5.56 Å². The van der Waals surface area contributed by atoms with Crippen molar-refractivity contribution in [3.8, 4) is 0 Å². The minimum Gasteiger partial charge on any atom is -0.323 e. The van der Waals surface area contributed by atoms with Gasteiger partial charge < -0.3 is 4.57 Å². The van der Waals surface area contributed by atoms with Crippen molar-refractivity contribution < 1.29 is 4.79 Å². The molecule has 0 N–H and O–H groups in total. The molecule has 0 aliphatic rings. The SMILES string of the molecule is Cc1cccc(C(=O)Cn2cnc3cc(C)c(C)cc32)c1. The van der Waals surface area contributed by atoms with Crippen molar-refractivity contribution in [2.24, 2.45) is 0 Å². The topological polar surface area (TPSA) is 34.9 Å². The van der Waals surface area contributed by atoms with Gasteiger partial charge in [-0.2, -0.15) is 0 Å². The van der Waals surface area contributed by atoms with Gasteiger partial charge in [-0.1, -0.05) is 23.8 Å². The molecule has 21 heavy (non-hydrogen) atoms. The van der Waals surface area contributed by atoms with E-state index < -0.39 is 0 Å². The fourth-order valence-corrected chi connectivity index (χ4v) is 2.50. The van der Waals surface area contributed by atoms with E-state index in [4.69, 9.17) is 0 Å². The highest BCUT2D eigenvalue weighted by Gasteiger charge is 2.10. The lowest BCUT2D eigenvalue weighted by molar-refractivity contribution is 0.0973. The highest BCUT2D eigenvalue weighted by atomic mass is 16.1. The second kappa shape index (κ2) is 5.17. The third-order valence-electron chi connectivity index (χ3n) is 3.89. The Hall–Kier alpha value is -2.42. The molecule has 0 radical (unpaired) electrons. The Bertz CT molecular complexity index is 830. The van der Waals surface area contributed by atoms with Crippen LogP contribution in [0, 0.1) is 20.8 Å². The number of rotatable bonds is 3. The molecule has 0 spiro atoms. The molecule has 0 saturated heterocycles. The Labute approximate surface area is 124 Å². The molecule has 0 bridgehead atoms. The summed E-state index contributed by atoms with van der Waals surface area (Å²) < 4.78 is 1.92. The zero-order chi connectivity index (χ0) is 15.0. The monoisotopic (exact) mass is 278 g/mol. The van der Waals surface area contributed by atoms with Crippen molar-refractivity contribution in [1.82, 2.24) is 9.55 Å². The number of imidazole rings is 1. The largest absolute Gasteiger partial charge is 0.323 e. The summed E-state index contributed by atoms with van der Waals surface area (Å²) in [5.41, 5.74) is 6.24. The van der Waals surface area contributed by atoms with Crippen LogP contribution in [0.3, 0.4) is 0 Å². The summed E-state index contributed by atoms with van der Waals surface area (Å²) in [5.74, 6) is 0.108. The third-order valence-corrected chi connectivity index (χ3v) is 3.89. The van der Waals surface area contributed by atoms with Crippen LogP contribution in [0.15, 0.2) is 42.7 Å². The number of aromatic nitrogens is 2. The van der Waals surface area contributed by atoms with Gasteiger partial charge >= 0.3 is 0 Å². The maximum Gasteiger partial charge on any atom is 0.182 e. The first-order valence-corrected chi connectivity index (χ1v) is 7.06. The van der Waals surface area contributed by atoms with Gasteiger partial charge in [0.05, 0.1) is 23.9 Å². The average molecular weight is 278 g/mol. The molecule has 0 atom stereocenters. The molecule has 3 aromatic rings. The van der Waals surface area contributed by atoms with Crippen molar-refractivity contribution >= 4 is 16.8 Å². The van der Waals surface area contributed by atoms with E-state index in [1.165, 1.54) is 11.1 Å². The van der Waals surface area contributed by atoms with Gasteiger partial charge in [-0.25, -0.2) is 4.98 Å². The van der Waals surface area contributed by atoms with Crippen molar-refractivity contribution in [3.63, 3.8) is 0 Å². The second-order valence-electron chi connectivity index (χ2n) is 5.59. The van der Waals surface area contributed by atoms with E-state index in [-0.39, 0.29) is 5.78 Å². The third kappa shape index (κ3) is 2.59. The lowest BCUT2D eigenvalue weighted by Crippen LogP contribution is -2.09. The first-order chi connectivity index (χ1) is 10.0. The molecule has 3 rings (SSSR count). The zero-order valence-corrected chi connectivity index (χ0v) is 12.6. The summed E-state index contributed by atoms with van der Waals surface area (Å²) in [6.45, 7) is 6.47. The van der Waals surface area contributed by atoms with E-state index in [1.807, 2.05) is 35.8 Å². The Morgan fingerprint density at radius 2 is 1.86 bits per heavy atom. The number of carbonyl (C=O) groups excluding carboxylic acids is 1. The summed E-state index contributed by atoms with van der Waals surface area (Å²) >= 11 is 0. The second-order valence-corrected chi connectivity index (χ2v) is 5.59. The van der Waals surface area contributed by atoms with Crippen LogP contribution < -0.4 is 0 Å². The van der Waals surface area contributed by atoms with E-state index >= 15 is 0 Å². The van der Waals surface area contributed by atoms with Gasteiger partial charge in [0.2, 0.25) is 0 Å². The zero-order valence-electron chi connectivity index (χ0n) is 12.6. The predicted octanol–water partition coefficient (Wildman–Crippen LogP) is 3.84. The maximum absolute atomic E-state index is 12.4. The van der Waals surface area contributed by atoms with Crippen molar-refractivity contribution in [3.05, 3.63) is 65.0 Å². The number of Topliss-reactive ketones (excluding diaryl/α,β-unsaturated/α-hetero) is 1. The molecule has 1 aromatic heterocycles. The quantitative estimate of drug-likeness (QED) is 0.682. The van der Waals surface area contributed by atoms with Gasteiger partial charge in [-0.3, -0.25) is 4.79 Å². The minimum absolute atomic E-state index is 0.108. The Morgan fingerprint density at radius 1 is 1.10 bits per heavy atom. The fraction of sp³-hybridized carbons (Fsp3) is 0.222. The van der Waals surface area contributed by atoms with Crippen LogP contribution in [0.25, 0.3) is 11.0 Å². The molecule has 0 saturated carbocycles. The van der Waals surface area contributed by atoms with E-state index in [2.05, 4.69) is 31.0 Å². The summed E-state index contributed by atoms with van der Waals surface area (Å²) in [5, 5.41) is 0. The molecular formula is C18H18N2O. The molecule has 106 valence electrons. The van der Waals surface area contributed by atoms with Crippen LogP contribution in [0.5, 0.6) is 0 Å². The van der Waals surface area contributed by atoms with Crippen LogP contribution in [0.1, 0.15) is 27.0 Å². The molecule has 0 aliphatic heterocycles. The number of fused-ring (bicyclic) bond motifs is 1. The molecule has 3 heteroatoms. The van der Waals surface area contributed by atoms with E-state index in [9.17, 15) is 4.79 Å². The Kier molecular flexibility index (Phi) is 3.34. The summed E-state index contributed by atoms with van der Waals surface area (Å²) in [4.78, 5) is 16.8. The van der Waals surface area contributed by atoms with E-state index in [1.54, 1.807) is 6.33 Å². The van der Waals surface area contributed by atoms with Crippen LogP contribution >= 0.6 is 0 Å². The van der Waals surface area contributed by atoms with E-state index in [0.29, 0.717) is 6.54 Å². The molecular weight excluding hydrogens is 260 g/mol. The number of hydrogen-bond donors (Lipinski definition) is 0. The summed E-state index contributed by atoms with van der Waals surface area (Å²) in [6, 6.07) is 11.9. The molecule has 0 amide bonds. The molecule has 0 aliphatic carbocycles. The fourth-order valence-electron chi connectivity index (χ4n) is 2.50. The lowest BCUT2D eigenvalue weighted by Gasteiger charge is -2.06. The number of hydrogen-bond acceptors (Lipinski definition) is 2. The van der Waals surface area contributed by atoms with Gasteiger partial charge in [0.15, 0.2) is 5.78 Å². The highest BCUT2D eigenvalue weighted by Crippen LogP contribution is 2.19. The van der Waals surface area contributed by atoms with Crippen LogP contribution in [0.2, 0.25) is 0 Å². The standard InChI is InChI=1S/C18H18N2O/c1-12-5-4-6-15(7-12)18(21)10-20-11-19-16-8-13(2)14(3)9-17(16)20/h4-9,11H,10H2,1-3H3. The minimum atomic E-state index is 0.108. The van der Waals surface area contributed by atoms with Crippen molar-refractivity contribution in [2.75, 3.05) is 0 Å². The molecule has 3 nitrogen and oxygen atoms in total. The summed E-state index contributed by atoms with van der Waals surface area (Å²) in [7, 11) is 0. The smallest absolute Gasteiger partial charge is 0.182 e. The van der Waals surface area contributed by atoms with Crippen LogP contribution in [-0.4, -0.2) is 15.3 Å². The van der Waals surface area contributed by atoms with Gasteiger partial charge in [0.1, 0.15) is 0 Å². The van der Waals surface area contributed by atoms with Crippen LogP contribution in [-0.2, 0) is 6.54 Å². The number of benzene rings is 2. The van der Waals surface area contributed by atoms with Crippen molar-refractivity contribution in [1.29, 1.82) is 0 Å². The molecule has 1 heterocycles. The Morgan fingerprint density at radius 3 is 2.62 bits per heavy atom. The molecule has 0 fully saturated rings. The maximum atomic E-state index is 12.4. The van der Waals surface area contributed by atoms with Gasteiger partial charge in [0.25, 0.3) is 0 Å². The highest BCUT2D eigenvalue weighted by molar-refractivity contribution is 5.96. The normalized spacial score (nSPS) is 11.0. The van der Waals surface area contributed by atoms with E-state index in [0.717, 1.165) is 22.2 Å². The van der Waals surface area contributed by atoms with Gasteiger partial charge in [-0.15, -0.1) is 0 Å². The first kappa shape index (κ1) is 13.6. The number of carbonyl (C=O) groups is 1. The number of nitrogens with zero attached hydrogens (tertiary/aromatic N) is 2. The number of aryl methyl sites for hydroxylation is 3. The molecule has 2 aromatic carbocycles. The number of ketones is 1. The average Bonchev–Trinajstić information content (AvgIpc) is 2.82. The first-order valence-electron chi connectivity index (χ1n) is 7.06. The molecule has 0 unspecified atom stereocenters. The van der Waals surface area contributed by atoms with Gasteiger partial charge in [-0.05, 0) is 50.1 Å². The van der Waals surface area contributed by atoms with Crippen molar-refractivity contribution in [2.45, 2.75) is 27.3 Å². The summed E-state index contributed by atoms with van der Waals surface area (Å²) in [6.07, 6.45) is 1.75.